The van der Waals surface area contributed by atoms with Gasteiger partial charge in [-0.25, -0.2) is 8.42 Å². The molecule has 110 valence electrons. The van der Waals surface area contributed by atoms with Crippen LogP contribution in [-0.4, -0.2) is 37.3 Å². The maximum absolute atomic E-state index is 11.9. The van der Waals surface area contributed by atoms with E-state index in [1.165, 1.54) is 13.0 Å². The van der Waals surface area contributed by atoms with Crippen LogP contribution in [0.15, 0.2) is 18.2 Å². The van der Waals surface area contributed by atoms with Crippen LogP contribution in [0.25, 0.3) is 0 Å². The van der Waals surface area contributed by atoms with Crippen LogP contribution in [0.4, 0.5) is 5.69 Å². The van der Waals surface area contributed by atoms with E-state index in [0.29, 0.717) is 0 Å². The lowest BCUT2D eigenvalue weighted by Crippen LogP contribution is -2.37. The molecule has 1 N–H and O–H groups in total. The lowest BCUT2D eigenvalue weighted by Gasteiger charge is -2.13. The van der Waals surface area contributed by atoms with Gasteiger partial charge in [-0.15, -0.1) is 0 Å². The maximum Gasteiger partial charge on any atom is 0.270 e. The minimum absolute atomic E-state index is 0.0533. The van der Waals surface area contributed by atoms with Crippen molar-refractivity contribution in [1.82, 2.24) is 5.32 Å². The quantitative estimate of drug-likeness (QED) is 0.652. The molecule has 0 radical (unpaired) electrons. The number of carbonyl (C=O) groups is 1. The highest BCUT2D eigenvalue weighted by Gasteiger charge is 2.18. The van der Waals surface area contributed by atoms with E-state index in [-0.39, 0.29) is 22.0 Å². The zero-order chi connectivity index (χ0) is 15.5. The molecule has 20 heavy (non-hydrogen) atoms. The summed E-state index contributed by atoms with van der Waals surface area (Å²) in [5.41, 5.74) is -0.173. The number of nitro benzene ring substituents is 1. The Bertz CT molecular complexity index is 644. The second-order valence-electron chi connectivity index (χ2n) is 4.39. The molecule has 0 aliphatic carbocycles. The first-order valence-electron chi connectivity index (χ1n) is 5.52. The second kappa shape index (κ2) is 6.19. The summed E-state index contributed by atoms with van der Waals surface area (Å²) in [6, 6.07) is 2.85. The molecule has 1 aromatic rings. The minimum Gasteiger partial charge on any atom is -0.349 e. The highest BCUT2D eigenvalue weighted by Crippen LogP contribution is 2.22. The number of nitrogens with zero attached hydrogens (tertiary/aromatic N) is 1. The summed E-state index contributed by atoms with van der Waals surface area (Å²) in [6.07, 6.45) is 1.06. The van der Waals surface area contributed by atoms with Crippen molar-refractivity contribution in [3.8, 4) is 0 Å². The molecular weight excluding hydrogens is 308 g/mol. The first kappa shape index (κ1) is 16.4. The molecule has 1 aromatic carbocycles. The van der Waals surface area contributed by atoms with Gasteiger partial charge >= 0.3 is 0 Å². The van der Waals surface area contributed by atoms with E-state index in [1.54, 1.807) is 0 Å². The molecular formula is C11H13ClN2O5S. The van der Waals surface area contributed by atoms with Crippen LogP contribution in [0.5, 0.6) is 0 Å². The number of carbonyl (C=O) groups excluding carboxylic acids is 1. The largest absolute Gasteiger partial charge is 0.349 e. The summed E-state index contributed by atoms with van der Waals surface area (Å²) >= 11 is 5.80. The van der Waals surface area contributed by atoms with Gasteiger partial charge < -0.3 is 5.32 Å². The normalized spacial score (nSPS) is 12.8. The molecule has 0 bridgehead atoms. The fourth-order valence-corrected chi connectivity index (χ4v) is 2.85. The number of rotatable bonds is 5. The third kappa shape index (κ3) is 4.78. The van der Waals surface area contributed by atoms with E-state index in [1.807, 2.05) is 0 Å². The van der Waals surface area contributed by atoms with Crippen molar-refractivity contribution < 1.29 is 18.1 Å². The summed E-state index contributed by atoms with van der Waals surface area (Å²) < 4.78 is 22.2. The summed E-state index contributed by atoms with van der Waals surface area (Å²) in [7, 11) is -3.22. The SMILES string of the molecule is CC(CS(C)(=O)=O)NC(=O)c1ccc([N+](=O)[O-])cc1Cl. The van der Waals surface area contributed by atoms with E-state index >= 15 is 0 Å². The van der Waals surface area contributed by atoms with Gasteiger partial charge in [0.2, 0.25) is 0 Å². The minimum atomic E-state index is -3.22. The van der Waals surface area contributed by atoms with Crippen molar-refractivity contribution >= 4 is 33.0 Å². The second-order valence-corrected chi connectivity index (χ2v) is 6.98. The molecule has 1 amide bonds. The van der Waals surface area contributed by atoms with Crippen LogP contribution in [0, 0.1) is 10.1 Å². The number of hydrogen-bond acceptors (Lipinski definition) is 5. The number of nitrogens with one attached hydrogen (secondary N) is 1. The van der Waals surface area contributed by atoms with Gasteiger partial charge in [0.05, 0.1) is 21.3 Å². The highest BCUT2D eigenvalue weighted by molar-refractivity contribution is 7.90. The highest BCUT2D eigenvalue weighted by atomic mass is 35.5. The summed E-state index contributed by atoms with van der Waals surface area (Å²) in [5.74, 6) is -0.787. The van der Waals surface area contributed by atoms with Crippen LogP contribution in [0.3, 0.4) is 0 Å². The Hall–Kier alpha value is -1.67. The van der Waals surface area contributed by atoms with Crippen LogP contribution in [-0.2, 0) is 9.84 Å². The molecule has 1 unspecified atom stereocenters. The molecule has 9 heteroatoms. The van der Waals surface area contributed by atoms with Gasteiger partial charge in [0.25, 0.3) is 11.6 Å². The van der Waals surface area contributed by atoms with E-state index in [0.717, 1.165) is 18.4 Å². The molecule has 0 saturated carbocycles. The fraction of sp³-hybridized carbons (Fsp3) is 0.364. The number of non-ortho nitro benzene ring substituents is 1. The van der Waals surface area contributed by atoms with Crippen molar-refractivity contribution in [3.63, 3.8) is 0 Å². The standard InChI is InChI=1S/C11H13ClN2O5S/c1-7(6-20(2,18)19)13-11(15)9-4-3-8(14(16)17)5-10(9)12/h3-5,7H,6H2,1-2H3,(H,13,15). The van der Waals surface area contributed by atoms with Crippen LogP contribution >= 0.6 is 11.6 Å². The van der Waals surface area contributed by atoms with Crippen LogP contribution in [0.2, 0.25) is 5.02 Å². The van der Waals surface area contributed by atoms with Crippen molar-refractivity contribution in [3.05, 3.63) is 38.9 Å². The number of halogens is 1. The Labute approximate surface area is 121 Å². The Kier molecular flexibility index (Phi) is 5.07. The van der Waals surface area contributed by atoms with Crippen LogP contribution in [0.1, 0.15) is 17.3 Å². The van der Waals surface area contributed by atoms with E-state index < -0.39 is 26.7 Å². The average molecular weight is 321 g/mol. The molecule has 0 aromatic heterocycles. The monoisotopic (exact) mass is 320 g/mol. The first-order valence-corrected chi connectivity index (χ1v) is 7.96. The number of nitro groups is 1. The molecule has 0 saturated heterocycles. The van der Waals surface area contributed by atoms with Crippen molar-refractivity contribution in [1.29, 1.82) is 0 Å². The summed E-state index contributed by atoms with van der Waals surface area (Å²) in [5, 5.41) is 13.0. The van der Waals surface area contributed by atoms with Gasteiger partial charge in [-0.2, -0.15) is 0 Å². The van der Waals surface area contributed by atoms with Gasteiger partial charge in [-0.3, -0.25) is 14.9 Å². The number of benzene rings is 1. The Morgan fingerprint density at radius 2 is 2.10 bits per heavy atom. The number of hydrogen-bond donors (Lipinski definition) is 1. The third-order valence-corrected chi connectivity index (χ3v) is 3.76. The summed E-state index contributed by atoms with van der Waals surface area (Å²) in [4.78, 5) is 21.8. The zero-order valence-corrected chi connectivity index (χ0v) is 12.4. The lowest BCUT2D eigenvalue weighted by atomic mass is 10.2. The van der Waals surface area contributed by atoms with Gasteiger partial charge in [0.1, 0.15) is 9.84 Å². The molecule has 7 nitrogen and oxygen atoms in total. The van der Waals surface area contributed by atoms with Gasteiger partial charge in [-0.1, -0.05) is 11.6 Å². The van der Waals surface area contributed by atoms with Crippen molar-refractivity contribution in [2.45, 2.75) is 13.0 Å². The van der Waals surface area contributed by atoms with Crippen molar-refractivity contribution in [2.75, 3.05) is 12.0 Å². The average Bonchev–Trinajstić information content (AvgIpc) is 2.25. The van der Waals surface area contributed by atoms with Crippen molar-refractivity contribution in [2.24, 2.45) is 0 Å². The molecule has 1 atom stereocenters. The molecule has 0 aliphatic rings. The topological polar surface area (TPSA) is 106 Å². The third-order valence-electron chi connectivity index (χ3n) is 2.34. The van der Waals surface area contributed by atoms with Gasteiger partial charge in [0, 0.05) is 24.4 Å². The van der Waals surface area contributed by atoms with Gasteiger partial charge in [0.15, 0.2) is 0 Å². The van der Waals surface area contributed by atoms with Crippen LogP contribution < -0.4 is 5.32 Å². The predicted octanol–water partition coefficient (Wildman–Crippen LogP) is 1.41. The maximum atomic E-state index is 11.9. The zero-order valence-electron chi connectivity index (χ0n) is 10.8. The Morgan fingerprint density at radius 3 is 2.55 bits per heavy atom. The van der Waals surface area contributed by atoms with Gasteiger partial charge in [-0.05, 0) is 13.0 Å². The smallest absolute Gasteiger partial charge is 0.270 e. The van der Waals surface area contributed by atoms with E-state index in [2.05, 4.69) is 5.32 Å². The van der Waals surface area contributed by atoms with E-state index in [4.69, 9.17) is 11.6 Å². The Balaban J connectivity index is 2.85. The first-order chi connectivity index (χ1) is 9.10. The molecule has 0 fully saturated rings. The lowest BCUT2D eigenvalue weighted by molar-refractivity contribution is -0.384. The predicted molar refractivity (Wildman–Crippen MR) is 74.7 cm³/mol. The molecule has 0 aliphatic heterocycles. The molecule has 0 spiro atoms. The summed E-state index contributed by atoms with van der Waals surface area (Å²) in [6.45, 7) is 1.54. The molecule has 1 rings (SSSR count). The Morgan fingerprint density at radius 1 is 1.50 bits per heavy atom. The fourth-order valence-electron chi connectivity index (χ4n) is 1.60. The number of amides is 1. The number of sulfone groups is 1. The van der Waals surface area contributed by atoms with E-state index in [9.17, 15) is 23.3 Å². The molecule has 0 heterocycles.